The average Bonchev–Trinajstić information content (AvgIpc) is 3.19. The van der Waals surface area contributed by atoms with E-state index in [0.717, 1.165) is 45.3 Å². The Morgan fingerprint density at radius 1 is 0.525 bits per heavy atom. The molecule has 0 bridgehead atoms. The molecule has 0 saturated heterocycles. The molecule has 0 saturated carbocycles. The highest BCUT2D eigenvalue weighted by Crippen LogP contribution is 2.40. The highest BCUT2D eigenvalue weighted by atomic mass is 31.1. The second-order valence-electron chi connectivity index (χ2n) is 9.74. The largest absolute Gasteiger partial charge is 0.399 e. The van der Waals surface area contributed by atoms with Crippen LogP contribution in [0.5, 0.6) is 0 Å². The van der Waals surface area contributed by atoms with Crippen molar-refractivity contribution in [1.82, 2.24) is 0 Å². The van der Waals surface area contributed by atoms with Crippen LogP contribution in [0, 0.1) is 0 Å². The third-order valence-electron chi connectivity index (χ3n) is 7.24. The lowest BCUT2D eigenvalue weighted by Crippen LogP contribution is -2.15. The Morgan fingerprint density at radius 3 is 1.52 bits per heavy atom. The molecule has 0 atom stereocenters. The summed E-state index contributed by atoms with van der Waals surface area (Å²) in [5, 5.41) is 9.54. The van der Waals surface area contributed by atoms with Crippen LogP contribution in [0.1, 0.15) is 6.42 Å². The Labute approximate surface area is 235 Å². The molecule has 0 aliphatic heterocycles. The minimum absolute atomic E-state index is 0.464. The summed E-state index contributed by atoms with van der Waals surface area (Å²) in [5.74, 6) is 0. The maximum Gasteiger partial charge on any atom is 0.387 e. The van der Waals surface area contributed by atoms with E-state index in [1.165, 1.54) is 21.4 Å². The van der Waals surface area contributed by atoms with Gasteiger partial charge < -0.3 is 8.39 Å². The lowest BCUT2D eigenvalue weighted by atomic mass is 9.99. The van der Waals surface area contributed by atoms with E-state index in [1.54, 1.807) is 0 Å². The fraction of sp³-hybridized carbons (Fsp3) is 0.0857. The Bertz CT molecular complexity index is 1830. The molecule has 40 heavy (non-hydrogen) atoms. The van der Waals surface area contributed by atoms with E-state index in [0.29, 0.717) is 6.61 Å². The zero-order chi connectivity index (χ0) is 26.7. The minimum Gasteiger partial charge on any atom is -0.399 e. The van der Waals surface area contributed by atoms with Gasteiger partial charge in [-0.05, 0) is 64.8 Å². The van der Waals surface area contributed by atoms with Crippen molar-refractivity contribution >= 4 is 70.3 Å². The first kappa shape index (κ1) is 25.1. The second kappa shape index (κ2) is 11.3. The van der Waals surface area contributed by atoms with Crippen molar-refractivity contribution < 1.29 is 12.9 Å². The summed E-state index contributed by atoms with van der Waals surface area (Å²) in [5.41, 5.74) is 1.60. The molecule has 0 amide bonds. The molecule has 0 aliphatic rings. The van der Waals surface area contributed by atoms with Gasteiger partial charge in [0.15, 0.2) is 0 Å². The Hall–Kier alpha value is -3.87. The lowest BCUT2D eigenvalue weighted by Gasteiger charge is -2.18. The smallest absolute Gasteiger partial charge is 0.387 e. The zero-order valence-corrected chi connectivity index (χ0v) is 23.7. The monoisotopic (exact) mass is 558 g/mol. The maximum atomic E-state index is 6.50. The van der Waals surface area contributed by atoms with Gasteiger partial charge in [-0.3, -0.25) is 4.52 Å². The fourth-order valence-corrected chi connectivity index (χ4v) is 8.76. The van der Waals surface area contributed by atoms with Crippen molar-refractivity contribution in [2.45, 2.75) is 6.42 Å². The summed E-state index contributed by atoms with van der Waals surface area (Å²) in [6.07, 6.45) is 1.95. The third kappa shape index (κ3) is 4.93. The van der Waals surface area contributed by atoms with Crippen LogP contribution in [-0.2, 0) is 0 Å². The van der Waals surface area contributed by atoms with E-state index in [1.807, 2.05) is 0 Å². The molecule has 5 heteroatoms. The van der Waals surface area contributed by atoms with Crippen LogP contribution in [0.2, 0.25) is 0 Å². The second-order valence-corrected chi connectivity index (χ2v) is 13.1. The van der Waals surface area contributed by atoms with Gasteiger partial charge in [0.25, 0.3) is 0 Å². The van der Waals surface area contributed by atoms with Gasteiger partial charge in [0.05, 0.1) is 6.61 Å². The summed E-state index contributed by atoms with van der Waals surface area (Å²) >= 11 is 0. The number of rotatable bonds is 7. The van der Waals surface area contributed by atoms with Crippen LogP contribution >= 0.6 is 16.2 Å². The van der Waals surface area contributed by atoms with Crippen LogP contribution in [0.15, 0.2) is 142 Å². The standard InChI is InChI=1S/C35H28O3P2/c1-3-14-28(15-4-1)39(29-16-5-2-6-17-29)25-11-24-36-40-37-32-22-20-26-12-7-9-18-30(26)34(32)35-31-19-10-8-13-27(31)21-23-33(35)38-40/h1-10,12-23H,11,24-25H2. The van der Waals surface area contributed by atoms with Crippen LogP contribution < -0.4 is 15.1 Å². The highest BCUT2D eigenvalue weighted by Gasteiger charge is 2.15. The third-order valence-corrected chi connectivity index (χ3v) is 10.9. The van der Waals surface area contributed by atoms with Gasteiger partial charge in [-0.1, -0.05) is 121 Å². The molecule has 6 aromatic carbocycles. The summed E-state index contributed by atoms with van der Waals surface area (Å²) in [6, 6.07) is 46.9. The summed E-state index contributed by atoms with van der Waals surface area (Å²) in [6.45, 7) is 0.566. The van der Waals surface area contributed by atoms with E-state index in [-0.39, 0.29) is 0 Å². The fourth-order valence-electron chi connectivity index (χ4n) is 5.39. The van der Waals surface area contributed by atoms with E-state index < -0.39 is 16.2 Å². The molecule has 3 nitrogen and oxygen atoms in total. The van der Waals surface area contributed by atoms with Crippen molar-refractivity contribution in [3.63, 3.8) is 0 Å². The molecule has 0 radical (unpaired) electrons. The SMILES string of the molecule is c1ccc(P(CCCOp2oc3ccc4ccccc4c3c3c(ccc4ccccc43)o2)c2ccccc2)cc1. The molecule has 0 spiro atoms. The van der Waals surface area contributed by atoms with Crippen molar-refractivity contribution in [3.8, 4) is 0 Å². The van der Waals surface area contributed by atoms with E-state index in [2.05, 4.69) is 133 Å². The molecule has 7 aromatic rings. The van der Waals surface area contributed by atoms with E-state index in [9.17, 15) is 0 Å². The molecule has 196 valence electrons. The summed E-state index contributed by atoms with van der Waals surface area (Å²) < 4.78 is 19.4. The number of hydrogen-bond donors (Lipinski definition) is 0. The van der Waals surface area contributed by atoms with E-state index in [4.69, 9.17) is 12.9 Å². The number of hydrogen-bond acceptors (Lipinski definition) is 3. The molecule has 1 heterocycles. The molecule has 7 rings (SSSR count). The van der Waals surface area contributed by atoms with Crippen LogP contribution in [0.3, 0.4) is 0 Å². The van der Waals surface area contributed by atoms with Gasteiger partial charge in [-0.15, -0.1) is 0 Å². The minimum atomic E-state index is -1.61. The van der Waals surface area contributed by atoms with Crippen LogP contribution in [-0.4, -0.2) is 12.8 Å². The first-order valence-corrected chi connectivity index (χ1v) is 16.2. The molecule has 0 aliphatic carbocycles. The van der Waals surface area contributed by atoms with Gasteiger partial charge >= 0.3 is 8.24 Å². The van der Waals surface area contributed by atoms with Crippen LogP contribution in [0.4, 0.5) is 0 Å². The molecular weight excluding hydrogens is 530 g/mol. The Morgan fingerprint density at radius 2 is 1.00 bits per heavy atom. The predicted molar refractivity (Wildman–Crippen MR) is 171 cm³/mol. The van der Waals surface area contributed by atoms with Crippen molar-refractivity contribution in [2.24, 2.45) is 0 Å². The van der Waals surface area contributed by atoms with Gasteiger partial charge in [-0.2, -0.15) is 0 Å². The van der Waals surface area contributed by atoms with Gasteiger partial charge in [0, 0.05) is 10.8 Å². The normalized spacial score (nSPS) is 11.6. The van der Waals surface area contributed by atoms with Crippen molar-refractivity contribution in [2.75, 3.05) is 12.8 Å². The predicted octanol–water partition coefficient (Wildman–Crippen LogP) is 9.55. The summed E-state index contributed by atoms with van der Waals surface area (Å²) in [7, 11) is -2.08. The van der Waals surface area contributed by atoms with Crippen molar-refractivity contribution in [3.05, 3.63) is 133 Å². The zero-order valence-electron chi connectivity index (χ0n) is 21.9. The quantitative estimate of drug-likeness (QED) is 0.144. The molecule has 0 fully saturated rings. The van der Waals surface area contributed by atoms with Gasteiger partial charge in [0.1, 0.15) is 11.2 Å². The number of benzene rings is 6. The number of fused-ring (bicyclic) bond motifs is 7. The average molecular weight is 559 g/mol. The molecule has 0 N–H and O–H groups in total. The topological polar surface area (TPSA) is 35.5 Å². The molecular formula is C35H28O3P2. The highest BCUT2D eigenvalue weighted by molar-refractivity contribution is 7.73. The van der Waals surface area contributed by atoms with Gasteiger partial charge in [-0.25, -0.2) is 0 Å². The molecule has 1 aromatic heterocycles. The first-order valence-electron chi connectivity index (χ1n) is 13.6. The molecule has 0 unspecified atom stereocenters. The van der Waals surface area contributed by atoms with E-state index >= 15 is 0 Å². The van der Waals surface area contributed by atoms with Gasteiger partial charge in [0.2, 0.25) is 0 Å². The van der Waals surface area contributed by atoms with Crippen LogP contribution in [0.25, 0.3) is 43.5 Å². The Kier molecular flexibility index (Phi) is 7.11. The van der Waals surface area contributed by atoms with Crippen molar-refractivity contribution in [1.29, 1.82) is 0 Å². The maximum absolute atomic E-state index is 6.50. The Balaban J connectivity index is 1.26. The lowest BCUT2D eigenvalue weighted by molar-refractivity contribution is 0.373. The summed E-state index contributed by atoms with van der Waals surface area (Å²) in [4.78, 5) is 0. The first-order chi connectivity index (χ1) is 19.8.